The summed E-state index contributed by atoms with van der Waals surface area (Å²) in [7, 11) is 0. The summed E-state index contributed by atoms with van der Waals surface area (Å²) in [6.07, 6.45) is 8.31. The highest BCUT2D eigenvalue weighted by Crippen LogP contribution is 2.36. The normalized spacial score (nSPS) is 23.3. The van der Waals surface area contributed by atoms with Crippen LogP contribution in [0.5, 0.6) is 0 Å². The highest BCUT2D eigenvalue weighted by molar-refractivity contribution is 6.34. The number of morpholine rings is 1. The summed E-state index contributed by atoms with van der Waals surface area (Å²) >= 11 is 6.68. The first-order valence-corrected chi connectivity index (χ1v) is 10.4. The molecule has 2 aliphatic heterocycles. The molecule has 0 bridgehead atoms. The average molecular weight is 399 g/mol. The maximum Gasteiger partial charge on any atom is 0.103 e. The summed E-state index contributed by atoms with van der Waals surface area (Å²) in [6, 6.07) is 5.22. The van der Waals surface area contributed by atoms with E-state index < -0.39 is 0 Å². The largest absolute Gasteiger partial charge is 0.378 e. The molecule has 4 heterocycles. The molecule has 1 aromatic carbocycles. The van der Waals surface area contributed by atoms with E-state index in [2.05, 4.69) is 36.9 Å². The standard InChI is InChI=1S/C20H23ClN6O/c21-18-7-14-9-23-27(16-10-22-26(12-16)15-1-2-15)19(14)8-20(18)25-4-3-24-5-6-28-13-17(24)11-25/h7-10,12,15,17H,1-6,11,13H2/t17-/m0/s1. The topological polar surface area (TPSA) is 51.4 Å². The molecule has 146 valence electrons. The Morgan fingerprint density at radius 1 is 1.04 bits per heavy atom. The molecule has 0 spiro atoms. The molecule has 3 aliphatic rings. The molecule has 3 fully saturated rings. The van der Waals surface area contributed by atoms with Crippen LogP contribution in [0.3, 0.4) is 0 Å². The molecule has 0 radical (unpaired) electrons. The van der Waals surface area contributed by atoms with Gasteiger partial charge in [0.25, 0.3) is 0 Å². The SMILES string of the molecule is Clc1cc2cnn(-c3cnn(C4CC4)c3)c2cc1N1CCN2CCOC[C@@H]2C1. The minimum atomic E-state index is 0.441. The van der Waals surface area contributed by atoms with Crippen LogP contribution in [0.4, 0.5) is 5.69 Å². The summed E-state index contributed by atoms with van der Waals surface area (Å²) in [5, 5.41) is 11.0. The Morgan fingerprint density at radius 3 is 2.86 bits per heavy atom. The fourth-order valence-electron chi connectivity index (χ4n) is 4.42. The van der Waals surface area contributed by atoms with Gasteiger partial charge in [0.15, 0.2) is 0 Å². The van der Waals surface area contributed by atoms with E-state index in [9.17, 15) is 0 Å². The Kier molecular flexibility index (Phi) is 3.89. The van der Waals surface area contributed by atoms with Crippen molar-refractivity contribution in [3.63, 3.8) is 0 Å². The van der Waals surface area contributed by atoms with Gasteiger partial charge in [0.05, 0.1) is 60.1 Å². The number of hydrogen-bond donors (Lipinski definition) is 0. The lowest BCUT2D eigenvalue weighted by Crippen LogP contribution is -2.58. The third-order valence-electron chi connectivity index (χ3n) is 6.17. The number of halogens is 1. The van der Waals surface area contributed by atoms with E-state index in [0.717, 1.165) is 66.7 Å². The van der Waals surface area contributed by atoms with Gasteiger partial charge in [-0.2, -0.15) is 10.2 Å². The van der Waals surface area contributed by atoms with E-state index >= 15 is 0 Å². The summed E-state index contributed by atoms with van der Waals surface area (Å²) in [6.45, 7) is 5.65. The number of rotatable bonds is 3. The Bertz CT molecular complexity index is 1030. The molecule has 28 heavy (non-hydrogen) atoms. The molecular weight excluding hydrogens is 376 g/mol. The molecule has 0 amide bonds. The second-order valence-corrected chi connectivity index (χ2v) is 8.45. The van der Waals surface area contributed by atoms with Gasteiger partial charge in [-0.05, 0) is 25.0 Å². The van der Waals surface area contributed by atoms with Crippen molar-refractivity contribution in [3.05, 3.63) is 35.7 Å². The Balaban J connectivity index is 1.35. The van der Waals surface area contributed by atoms with Crippen molar-refractivity contribution in [1.82, 2.24) is 24.5 Å². The smallest absolute Gasteiger partial charge is 0.103 e. The van der Waals surface area contributed by atoms with E-state index in [1.165, 1.54) is 12.8 Å². The molecule has 1 aliphatic carbocycles. The second kappa shape index (κ2) is 6.47. The number of aromatic nitrogens is 4. The molecular formula is C20H23ClN6O. The number of nitrogens with zero attached hydrogens (tertiary/aromatic N) is 6. The molecule has 3 aromatic rings. The zero-order chi connectivity index (χ0) is 18.7. The predicted molar refractivity (Wildman–Crippen MR) is 109 cm³/mol. The molecule has 0 N–H and O–H groups in total. The maximum absolute atomic E-state index is 6.68. The van der Waals surface area contributed by atoms with Crippen molar-refractivity contribution in [2.45, 2.75) is 24.9 Å². The highest BCUT2D eigenvalue weighted by Gasteiger charge is 2.30. The van der Waals surface area contributed by atoms with Crippen LogP contribution in [-0.4, -0.2) is 69.9 Å². The Labute approximate surface area is 168 Å². The highest BCUT2D eigenvalue weighted by atomic mass is 35.5. The van der Waals surface area contributed by atoms with Crippen LogP contribution >= 0.6 is 11.6 Å². The summed E-state index contributed by atoms with van der Waals surface area (Å²) in [4.78, 5) is 4.92. The van der Waals surface area contributed by atoms with Crippen LogP contribution in [-0.2, 0) is 4.74 Å². The Morgan fingerprint density at radius 2 is 1.96 bits per heavy atom. The molecule has 2 aromatic heterocycles. The number of benzene rings is 1. The fourth-order valence-corrected chi connectivity index (χ4v) is 4.72. The van der Waals surface area contributed by atoms with Crippen molar-refractivity contribution in [1.29, 1.82) is 0 Å². The third-order valence-corrected chi connectivity index (χ3v) is 6.47. The molecule has 6 rings (SSSR count). The molecule has 8 heteroatoms. The number of anilines is 1. The minimum absolute atomic E-state index is 0.441. The van der Waals surface area contributed by atoms with Crippen molar-refractivity contribution in [2.75, 3.05) is 44.3 Å². The maximum atomic E-state index is 6.68. The summed E-state index contributed by atoms with van der Waals surface area (Å²) < 4.78 is 9.72. The van der Waals surface area contributed by atoms with E-state index in [-0.39, 0.29) is 0 Å². The van der Waals surface area contributed by atoms with Gasteiger partial charge >= 0.3 is 0 Å². The van der Waals surface area contributed by atoms with Crippen LogP contribution in [0.2, 0.25) is 5.02 Å². The predicted octanol–water partition coefficient (Wildman–Crippen LogP) is 2.73. The zero-order valence-electron chi connectivity index (χ0n) is 15.7. The van der Waals surface area contributed by atoms with E-state index in [1.54, 1.807) is 0 Å². The third kappa shape index (κ3) is 2.80. The van der Waals surface area contributed by atoms with Crippen molar-refractivity contribution in [3.8, 4) is 5.69 Å². The zero-order valence-corrected chi connectivity index (χ0v) is 16.4. The van der Waals surface area contributed by atoms with E-state index in [1.807, 2.05) is 23.1 Å². The number of piperazine rings is 1. The van der Waals surface area contributed by atoms with Crippen LogP contribution in [0, 0.1) is 0 Å². The lowest BCUT2D eigenvalue weighted by Gasteiger charge is -2.44. The molecule has 7 nitrogen and oxygen atoms in total. The van der Waals surface area contributed by atoms with Crippen molar-refractivity contribution >= 4 is 28.2 Å². The molecule has 2 saturated heterocycles. The first kappa shape index (κ1) is 16.8. The number of fused-ring (bicyclic) bond motifs is 2. The molecule has 0 unspecified atom stereocenters. The van der Waals surface area contributed by atoms with Crippen LogP contribution in [0.25, 0.3) is 16.6 Å². The Hall–Kier alpha value is -2.09. The van der Waals surface area contributed by atoms with Gasteiger partial charge in [-0.25, -0.2) is 4.68 Å². The molecule has 1 atom stereocenters. The van der Waals surface area contributed by atoms with Gasteiger partial charge in [-0.15, -0.1) is 0 Å². The fraction of sp³-hybridized carbons (Fsp3) is 0.500. The first-order chi connectivity index (χ1) is 13.8. The first-order valence-electron chi connectivity index (χ1n) is 10.0. The summed E-state index contributed by atoms with van der Waals surface area (Å²) in [5.41, 5.74) is 3.15. The van der Waals surface area contributed by atoms with E-state index in [4.69, 9.17) is 16.3 Å². The lowest BCUT2D eigenvalue weighted by molar-refractivity contribution is -0.0116. The van der Waals surface area contributed by atoms with Gasteiger partial charge in [0.1, 0.15) is 5.69 Å². The van der Waals surface area contributed by atoms with Gasteiger partial charge in [-0.1, -0.05) is 11.6 Å². The van der Waals surface area contributed by atoms with Crippen molar-refractivity contribution in [2.24, 2.45) is 0 Å². The van der Waals surface area contributed by atoms with Gasteiger partial charge in [-0.3, -0.25) is 9.58 Å². The van der Waals surface area contributed by atoms with Crippen molar-refractivity contribution < 1.29 is 4.74 Å². The van der Waals surface area contributed by atoms with Gasteiger partial charge in [0, 0.05) is 31.6 Å². The van der Waals surface area contributed by atoms with Gasteiger partial charge in [0.2, 0.25) is 0 Å². The van der Waals surface area contributed by atoms with E-state index in [0.29, 0.717) is 12.1 Å². The monoisotopic (exact) mass is 398 g/mol. The lowest BCUT2D eigenvalue weighted by atomic mass is 10.1. The number of hydrogen-bond acceptors (Lipinski definition) is 5. The van der Waals surface area contributed by atoms with Crippen LogP contribution in [0.15, 0.2) is 30.7 Å². The second-order valence-electron chi connectivity index (χ2n) is 8.04. The minimum Gasteiger partial charge on any atom is -0.378 e. The summed E-state index contributed by atoms with van der Waals surface area (Å²) in [5.74, 6) is 0. The van der Waals surface area contributed by atoms with Crippen LogP contribution < -0.4 is 4.90 Å². The molecule has 1 saturated carbocycles. The van der Waals surface area contributed by atoms with Crippen LogP contribution in [0.1, 0.15) is 18.9 Å². The van der Waals surface area contributed by atoms with Gasteiger partial charge < -0.3 is 9.64 Å². The quantitative estimate of drug-likeness (QED) is 0.679. The number of ether oxygens (including phenoxy) is 1. The average Bonchev–Trinajstić information content (AvgIpc) is 3.31.